The van der Waals surface area contributed by atoms with Gasteiger partial charge in [0.1, 0.15) is 6.04 Å². The van der Waals surface area contributed by atoms with Crippen molar-refractivity contribution in [1.82, 2.24) is 10.3 Å². The number of carbonyl (C=O) groups is 1. The lowest BCUT2D eigenvalue weighted by Gasteiger charge is -2.19. The fourth-order valence-corrected chi connectivity index (χ4v) is 3.05. The van der Waals surface area contributed by atoms with Gasteiger partial charge < -0.3 is 5.11 Å². The van der Waals surface area contributed by atoms with Gasteiger partial charge in [-0.15, -0.1) is 11.3 Å². The first-order chi connectivity index (χ1) is 7.99. The maximum atomic E-state index is 11.2. The van der Waals surface area contributed by atoms with Gasteiger partial charge >= 0.3 is 5.97 Å². The van der Waals surface area contributed by atoms with Gasteiger partial charge in [-0.05, 0) is 39.5 Å². The second-order valence-corrected chi connectivity index (χ2v) is 6.12. The van der Waals surface area contributed by atoms with Crippen LogP contribution in [0.4, 0.5) is 0 Å². The highest BCUT2D eigenvalue weighted by Crippen LogP contribution is 2.34. The normalized spacial score (nSPS) is 19.0. The molecule has 0 amide bonds. The standard InChI is InChI=1S/C12H18N2O2S/c1-6(10-7(2)17-8(3)14-10)13-11(12(15)16)9-4-5-9/h6,9,11,13H,4-5H2,1-3H3,(H,15,16). The molecule has 0 aromatic carbocycles. The van der Waals surface area contributed by atoms with Crippen molar-refractivity contribution in [3.63, 3.8) is 0 Å². The number of aliphatic carboxylic acids is 1. The molecule has 1 fully saturated rings. The van der Waals surface area contributed by atoms with Gasteiger partial charge in [0.05, 0.1) is 10.7 Å². The minimum absolute atomic E-state index is 0.00153. The Morgan fingerprint density at radius 3 is 2.59 bits per heavy atom. The molecular weight excluding hydrogens is 236 g/mol. The van der Waals surface area contributed by atoms with Crippen LogP contribution in [0.1, 0.15) is 41.4 Å². The molecule has 1 aliphatic rings. The van der Waals surface area contributed by atoms with E-state index in [2.05, 4.69) is 10.3 Å². The first-order valence-electron chi connectivity index (χ1n) is 5.92. The second kappa shape index (κ2) is 4.74. The van der Waals surface area contributed by atoms with E-state index in [9.17, 15) is 9.90 Å². The number of nitrogens with one attached hydrogen (secondary N) is 1. The molecule has 17 heavy (non-hydrogen) atoms. The minimum Gasteiger partial charge on any atom is -0.480 e. The number of carboxylic acid groups (broad SMARTS) is 1. The number of aryl methyl sites for hydroxylation is 2. The Morgan fingerprint density at radius 2 is 2.18 bits per heavy atom. The predicted molar refractivity (Wildman–Crippen MR) is 67.3 cm³/mol. The third kappa shape index (κ3) is 2.84. The molecule has 2 unspecified atom stereocenters. The second-order valence-electron chi connectivity index (χ2n) is 4.72. The molecule has 5 heteroatoms. The van der Waals surface area contributed by atoms with Crippen molar-refractivity contribution in [2.24, 2.45) is 5.92 Å². The number of hydrogen-bond donors (Lipinski definition) is 2. The first kappa shape index (κ1) is 12.5. The number of thiazole rings is 1. The molecule has 2 atom stereocenters. The van der Waals surface area contributed by atoms with Crippen LogP contribution in [0, 0.1) is 19.8 Å². The lowest BCUT2D eigenvalue weighted by Crippen LogP contribution is -2.40. The van der Waals surface area contributed by atoms with Crippen LogP contribution in [0.5, 0.6) is 0 Å². The third-order valence-corrected chi connectivity index (χ3v) is 4.04. The van der Waals surface area contributed by atoms with E-state index in [1.54, 1.807) is 11.3 Å². The summed E-state index contributed by atoms with van der Waals surface area (Å²) >= 11 is 1.66. The molecule has 2 N–H and O–H groups in total. The summed E-state index contributed by atoms with van der Waals surface area (Å²) in [5, 5.41) is 13.4. The van der Waals surface area contributed by atoms with Crippen molar-refractivity contribution in [3.8, 4) is 0 Å². The van der Waals surface area contributed by atoms with E-state index in [1.807, 2.05) is 20.8 Å². The summed E-state index contributed by atoms with van der Waals surface area (Å²) < 4.78 is 0. The average Bonchev–Trinajstić information content (AvgIpc) is 3.00. The number of hydrogen-bond acceptors (Lipinski definition) is 4. The molecule has 1 aromatic heterocycles. The quantitative estimate of drug-likeness (QED) is 0.846. The van der Waals surface area contributed by atoms with Gasteiger partial charge in [-0.2, -0.15) is 0 Å². The molecule has 1 aromatic rings. The predicted octanol–water partition coefficient (Wildman–Crippen LogP) is 2.27. The van der Waals surface area contributed by atoms with E-state index in [0.29, 0.717) is 5.92 Å². The summed E-state index contributed by atoms with van der Waals surface area (Å²) in [6, 6.07) is -0.423. The number of rotatable bonds is 5. The topological polar surface area (TPSA) is 62.2 Å². The number of aromatic nitrogens is 1. The van der Waals surface area contributed by atoms with Crippen LogP contribution in [-0.2, 0) is 4.79 Å². The summed E-state index contributed by atoms with van der Waals surface area (Å²) in [4.78, 5) is 16.8. The fourth-order valence-electron chi connectivity index (χ4n) is 2.13. The van der Waals surface area contributed by atoms with Gasteiger partial charge in [-0.3, -0.25) is 10.1 Å². The van der Waals surface area contributed by atoms with Gasteiger partial charge in [0.15, 0.2) is 0 Å². The van der Waals surface area contributed by atoms with Crippen molar-refractivity contribution in [2.45, 2.75) is 45.7 Å². The lowest BCUT2D eigenvalue weighted by atomic mass is 10.1. The van der Waals surface area contributed by atoms with Gasteiger partial charge in [-0.1, -0.05) is 0 Å². The van der Waals surface area contributed by atoms with Crippen LogP contribution in [0.25, 0.3) is 0 Å². The summed E-state index contributed by atoms with van der Waals surface area (Å²) in [7, 11) is 0. The number of carboxylic acids is 1. The minimum atomic E-state index is -0.746. The molecule has 0 bridgehead atoms. The zero-order chi connectivity index (χ0) is 12.6. The maximum absolute atomic E-state index is 11.2. The van der Waals surface area contributed by atoms with Crippen LogP contribution in [0.3, 0.4) is 0 Å². The lowest BCUT2D eigenvalue weighted by molar-refractivity contribution is -0.140. The van der Waals surface area contributed by atoms with E-state index in [-0.39, 0.29) is 6.04 Å². The smallest absolute Gasteiger partial charge is 0.321 e. The summed E-state index contributed by atoms with van der Waals surface area (Å²) in [5.74, 6) is -0.445. The monoisotopic (exact) mass is 254 g/mol. The van der Waals surface area contributed by atoms with Gasteiger partial charge in [0.2, 0.25) is 0 Å². The van der Waals surface area contributed by atoms with Crippen molar-refractivity contribution >= 4 is 17.3 Å². The van der Waals surface area contributed by atoms with Crippen LogP contribution in [0.2, 0.25) is 0 Å². The zero-order valence-electron chi connectivity index (χ0n) is 10.4. The Kier molecular flexibility index (Phi) is 3.49. The Morgan fingerprint density at radius 1 is 1.53 bits per heavy atom. The molecule has 0 radical (unpaired) electrons. The number of nitrogens with zero attached hydrogens (tertiary/aromatic N) is 1. The van der Waals surface area contributed by atoms with E-state index in [4.69, 9.17) is 0 Å². The Hall–Kier alpha value is -0.940. The molecule has 0 saturated heterocycles. The van der Waals surface area contributed by atoms with Crippen LogP contribution < -0.4 is 5.32 Å². The molecule has 2 rings (SSSR count). The molecular formula is C12H18N2O2S. The van der Waals surface area contributed by atoms with E-state index in [1.165, 1.54) is 4.88 Å². The van der Waals surface area contributed by atoms with Gasteiger partial charge in [0.25, 0.3) is 0 Å². The van der Waals surface area contributed by atoms with Crippen molar-refractivity contribution in [2.75, 3.05) is 0 Å². The molecule has 1 aliphatic carbocycles. The molecule has 94 valence electrons. The van der Waals surface area contributed by atoms with Gasteiger partial charge in [0, 0.05) is 10.9 Å². The molecule has 0 aliphatic heterocycles. The highest BCUT2D eigenvalue weighted by Gasteiger charge is 2.37. The van der Waals surface area contributed by atoms with Crippen molar-refractivity contribution in [3.05, 3.63) is 15.6 Å². The van der Waals surface area contributed by atoms with Crippen LogP contribution in [-0.4, -0.2) is 22.1 Å². The summed E-state index contributed by atoms with van der Waals surface area (Å²) in [5.41, 5.74) is 0.986. The SMILES string of the molecule is Cc1nc(C(C)NC(C(=O)O)C2CC2)c(C)s1. The molecule has 1 heterocycles. The molecule has 1 saturated carbocycles. The Balaban J connectivity index is 2.07. The average molecular weight is 254 g/mol. The van der Waals surface area contributed by atoms with E-state index < -0.39 is 12.0 Å². The van der Waals surface area contributed by atoms with Crippen molar-refractivity contribution in [1.29, 1.82) is 0 Å². The zero-order valence-corrected chi connectivity index (χ0v) is 11.2. The summed E-state index contributed by atoms with van der Waals surface area (Å²) in [6.07, 6.45) is 2.04. The van der Waals surface area contributed by atoms with E-state index in [0.717, 1.165) is 23.5 Å². The maximum Gasteiger partial charge on any atom is 0.321 e. The Labute approximate surface area is 105 Å². The van der Waals surface area contributed by atoms with Crippen LogP contribution >= 0.6 is 11.3 Å². The molecule has 0 spiro atoms. The highest BCUT2D eigenvalue weighted by atomic mass is 32.1. The highest BCUT2D eigenvalue weighted by molar-refractivity contribution is 7.11. The summed E-state index contributed by atoms with van der Waals surface area (Å²) in [6.45, 7) is 5.99. The largest absolute Gasteiger partial charge is 0.480 e. The third-order valence-electron chi connectivity index (χ3n) is 3.14. The Bertz CT molecular complexity index is 426. The fraction of sp³-hybridized carbons (Fsp3) is 0.667. The van der Waals surface area contributed by atoms with Crippen LogP contribution in [0.15, 0.2) is 0 Å². The van der Waals surface area contributed by atoms with Gasteiger partial charge in [-0.25, -0.2) is 4.98 Å². The van der Waals surface area contributed by atoms with E-state index >= 15 is 0 Å². The first-order valence-corrected chi connectivity index (χ1v) is 6.73. The molecule has 4 nitrogen and oxygen atoms in total. The van der Waals surface area contributed by atoms with Crippen molar-refractivity contribution < 1.29 is 9.90 Å².